The van der Waals surface area contributed by atoms with E-state index in [-0.39, 0.29) is 17.7 Å². The van der Waals surface area contributed by atoms with Gasteiger partial charge in [-0.15, -0.1) is 0 Å². The number of piperidine rings is 1. The Morgan fingerprint density at radius 3 is 2.41 bits per heavy atom. The Hall–Kier alpha value is -2.80. The summed E-state index contributed by atoms with van der Waals surface area (Å²) in [5.74, 6) is 0.393. The number of nitrogens with zero attached hydrogens (tertiary/aromatic N) is 3. The third-order valence-electron chi connectivity index (χ3n) is 4.90. The van der Waals surface area contributed by atoms with E-state index in [0.717, 1.165) is 44.5 Å². The SMILES string of the molecule is NC(=O)C1CCN(CCCNC(=O)c2ccc(-c3ncccn3)cc2)CC1. The maximum absolute atomic E-state index is 12.3. The van der Waals surface area contributed by atoms with Crippen LogP contribution in [-0.2, 0) is 4.79 Å². The standard InChI is InChI=1S/C20H25N5O2/c21-18(26)15-7-13-25(14-8-15)12-2-11-24-20(27)17-5-3-16(4-6-17)19-22-9-1-10-23-19/h1,3-6,9-10,15H,2,7-8,11-14H2,(H2,21,26)(H,24,27). The van der Waals surface area contributed by atoms with Crippen molar-refractivity contribution in [3.05, 3.63) is 48.3 Å². The van der Waals surface area contributed by atoms with Gasteiger partial charge in [-0.3, -0.25) is 9.59 Å². The fraction of sp³-hybridized carbons (Fsp3) is 0.400. The molecule has 2 heterocycles. The zero-order chi connectivity index (χ0) is 19.1. The second kappa shape index (κ2) is 9.23. The molecule has 1 aliphatic heterocycles. The predicted octanol–water partition coefficient (Wildman–Crippen LogP) is 1.46. The van der Waals surface area contributed by atoms with Crippen LogP contribution in [0.25, 0.3) is 11.4 Å². The van der Waals surface area contributed by atoms with Gasteiger partial charge in [-0.05, 0) is 57.1 Å². The molecule has 0 saturated carbocycles. The smallest absolute Gasteiger partial charge is 0.251 e. The van der Waals surface area contributed by atoms with E-state index in [1.54, 1.807) is 30.6 Å². The summed E-state index contributed by atoms with van der Waals surface area (Å²) in [4.78, 5) is 34.2. The average molecular weight is 367 g/mol. The molecule has 0 bridgehead atoms. The first-order valence-corrected chi connectivity index (χ1v) is 9.31. The van der Waals surface area contributed by atoms with Gasteiger partial charge in [-0.25, -0.2) is 9.97 Å². The van der Waals surface area contributed by atoms with Gasteiger partial charge in [-0.1, -0.05) is 12.1 Å². The van der Waals surface area contributed by atoms with Gasteiger partial charge < -0.3 is 16.0 Å². The van der Waals surface area contributed by atoms with Crippen LogP contribution in [0.3, 0.4) is 0 Å². The Kier molecular flexibility index (Phi) is 6.49. The van der Waals surface area contributed by atoms with E-state index in [1.165, 1.54) is 0 Å². The monoisotopic (exact) mass is 367 g/mol. The lowest BCUT2D eigenvalue weighted by atomic mass is 9.96. The van der Waals surface area contributed by atoms with Crippen molar-refractivity contribution in [3.8, 4) is 11.4 Å². The third kappa shape index (κ3) is 5.34. The Labute approximate surface area is 159 Å². The van der Waals surface area contributed by atoms with Gasteiger partial charge in [0.25, 0.3) is 5.91 Å². The first kappa shape index (κ1) is 19.0. The third-order valence-corrected chi connectivity index (χ3v) is 4.90. The van der Waals surface area contributed by atoms with E-state index in [4.69, 9.17) is 5.73 Å². The Morgan fingerprint density at radius 1 is 1.11 bits per heavy atom. The molecular formula is C20H25N5O2. The van der Waals surface area contributed by atoms with Crippen LogP contribution in [0.5, 0.6) is 0 Å². The number of likely N-dealkylation sites (tertiary alicyclic amines) is 1. The number of carbonyl (C=O) groups excluding carboxylic acids is 2. The fourth-order valence-electron chi connectivity index (χ4n) is 3.27. The highest BCUT2D eigenvalue weighted by atomic mass is 16.2. The van der Waals surface area contributed by atoms with E-state index in [2.05, 4.69) is 20.2 Å². The van der Waals surface area contributed by atoms with Crippen LogP contribution in [0, 0.1) is 5.92 Å². The summed E-state index contributed by atoms with van der Waals surface area (Å²) in [5.41, 5.74) is 6.86. The normalized spacial score (nSPS) is 15.4. The zero-order valence-electron chi connectivity index (χ0n) is 15.3. The number of amides is 2. The van der Waals surface area contributed by atoms with Crippen LogP contribution >= 0.6 is 0 Å². The van der Waals surface area contributed by atoms with Gasteiger partial charge in [0.15, 0.2) is 5.82 Å². The summed E-state index contributed by atoms with van der Waals surface area (Å²) < 4.78 is 0. The van der Waals surface area contributed by atoms with E-state index < -0.39 is 0 Å². The highest BCUT2D eigenvalue weighted by Crippen LogP contribution is 2.17. The lowest BCUT2D eigenvalue weighted by molar-refractivity contribution is -0.123. The second-order valence-electron chi connectivity index (χ2n) is 6.78. The summed E-state index contributed by atoms with van der Waals surface area (Å²) in [6, 6.07) is 9.05. The molecule has 3 N–H and O–H groups in total. The minimum absolute atomic E-state index is 0.0187. The van der Waals surface area contributed by atoms with Crippen molar-refractivity contribution < 1.29 is 9.59 Å². The molecule has 142 valence electrons. The van der Waals surface area contributed by atoms with Crippen LogP contribution in [0.1, 0.15) is 29.6 Å². The minimum Gasteiger partial charge on any atom is -0.369 e. The van der Waals surface area contributed by atoms with Gasteiger partial charge in [0.2, 0.25) is 5.91 Å². The first-order chi connectivity index (χ1) is 13.1. The molecule has 27 heavy (non-hydrogen) atoms. The average Bonchev–Trinajstić information content (AvgIpc) is 2.72. The quantitative estimate of drug-likeness (QED) is 0.722. The van der Waals surface area contributed by atoms with Gasteiger partial charge in [0, 0.05) is 36.0 Å². The molecule has 2 amide bonds. The van der Waals surface area contributed by atoms with E-state index in [9.17, 15) is 9.59 Å². The number of benzene rings is 1. The van der Waals surface area contributed by atoms with Gasteiger partial charge in [0.05, 0.1) is 0 Å². The molecule has 1 aromatic heterocycles. The Bertz CT molecular complexity index is 756. The topological polar surface area (TPSA) is 101 Å². The second-order valence-corrected chi connectivity index (χ2v) is 6.78. The molecular weight excluding hydrogens is 342 g/mol. The summed E-state index contributed by atoms with van der Waals surface area (Å²) in [6.07, 6.45) is 5.93. The fourth-order valence-corrected chi connectivity index (χ4v) is 3.27. The van der Waals surface area contributed by atoms with Crippen molar-refractivity contribution in [2.24, 2.45) is 11.7 Å². The Morgan fingerprint density at radius 2 is 1.78 bits per heavy atom. The molecule has 1 saturated heterocycles. The number of rotatable bonds is 7. The molecule has 1 aromatic carbocycles. The van der Waals surface area contributed by atoms with Crippen LogP contribution in [-0.4, -0.2) is 52.9 Å². The van der Waals surface area contributed by atoms with Gasteiger partial charge >= 0.3 is 0 Å². The summed E-state index contributed by atoms with van der Waals surface area (Å²) in [6.45, 7) is 3.32. The number of aromatic nitrogens is 2. The van der Waals surface area contributed by atoms with E-state index in [0.29, 0.717) is 17.9 Å². The van der Waals surface area contributed by atoms with Crippen LogP contribution in [0.2, 0.25) is 0 Å². The molecule has 0 aliphatic carbocycles. The maximum atomic E-state index is 12.3. The maximum Gasteiger partial charge on any atom is 0.251 e. The molecule has 3 rings (SSSR count). The number of nitrogens with one attached hydrogen (secondary N) is 1. The largest absolute Gasteiger partial charge is 0.369 e. The van der Waals surface area contributed by atoms with Crippen LogP contribution in [0.15, 0.2) is 42.7 Å². The lowest BCUT2D eigenvalue weighted by Crippen LogP contribution is -2.39. The molecule has 0 unspecified atom stereocenters. The van der Waals surface area contributed by atoms with E-state index in [1.807, 2.05) is 12.1 Å². The molecule has 0 spiro atoms. The number of carbonyl (C=O) groups is 2. The van der Waals surface area contributed by atoms with Crippen LogP contribution < -0.4 is 11.1 Å². The minimum atomic E-state index is -0.188. The Balaban J connectivity index is 1.39. The molecule has 7 heteroatoms. The molecule has 0 radical (unpaired) electrons. The number of hydrogen-bond donors (Lipinski definition) is 2. The number of nitrogens with two attached hydrogens (primary N) is 1. The van der Waals surface area contributed by atoms with Crippen molar-refractivity contribution in [2.75, 3.05) is 26.2 Å². The molecule has 1 fully saturated rings. The van der Waals surface area contributed by atoms with Gasteiger partial charge in [0.1, 0.15) is 0 Å². The molecule has 0 atom stereocenters. The van der Waals surface area contributed by atoms with Gasteiger partial charge in [-0.2, -0.15) is 0 Å². The first-order valence-electron chi connectivity index (χ1n) is 9.31. The molecule has 2 aromatic rings. The van der Waals surface area contributed by atoms with Crippen molar-refractivity contribution >= 4 is 11.8 Å². The number of primary amides is 1. The van der Waals surface area contributed by atoms with Crippen molar-refractivity contribution in [2.45, 2.75) is 19.3 Å². The summed E-state index contributed by atoms with van der Waals surface area (Å²) >= 11 is 0. The van der Waals surface area contributed by atoms with Crippen molar-refractivity contribution in [1.82, 2.24) is 20.2 Å². The van der Waals surface area contributed by atoms with Crippen molar-refractivity contribution in [3.63, 3.8) is 0 Å². The summed E-state index contributed by atoms with van der Waals surface area (Å²) in [5, 5.41) is 2.95. The molecule has 7 nitrogen and oxygen atoms in total. The van der Waals surface area contributed by atoms with Crippen LogP contribution in [0.4, 0.5) is 0 Å². The zero-order valence-corrected chi connectivity index (χ0v) is 15.3. The van der Waals surface area contributed by atoms with Crippen molar-refractivity contribution in [1.29, 1.82) is 0 Å². The summed E-state index contributed by atoms with van der Waals surface area (Å²) in [7, 11) is 0. The highest BCUT2D eigenvalue weighted by Gasteiger charge is 2.22. The molecule has 1 aliphatic rings. The number of hydrogen-bond acceptors (Lipinski definition) is 5. The highest BCUT2D eigenvalue weighted by molar-refractivity contribution is 5.94. The predicted molar refractivity (Wildman–Crippen MR) is 103 cm³/mol. The van der Waals surface area contributed by atoms with E-state index >= 15 is 0 Å². The lowest BCUT2D eigenvalue weighted by Gasteiger charge is -2.30.